The van der Waals surface area contributed by atoms with Crippen molar-refractivity contribution in [1.82, 2.24) is 16.0 Å². The van der Waals surface area contributed by atoms with Crippen LogP contribution in [-0.4, -0.2) is 47.4 Å². The van der Waals surface area contributed by atoms with Crippen LogP contribution in [0.3, 0.4) is 0 Å². The van der Waals surface area contributed by atoms with Gasteiger partial charge in [-0.2, -0.15) is 0 Å². The van der Waals surface area contributed by atoms with Crippen LogP contribution in [0.15, 0.2) is 0 Å². The predicted molar refractivity (Wildman–Crippen MR) is 139 cm³/mol. The first kappa shape index (κ1) is 26.0. The first-order chi connectivity index (χ1) is 13.7. The van der Waals surface area contributed by atoms with Crippen molar-refractivity contribution in [2.45, 2.75) is 169 Å². The molecule has 3 saturated heterocycles. The summed E-state index contributed by atoms with van der Waals surface area (Å²) in [4.78, 5) is 0. The minimum Gasteiger partial charge on any atom is -0.307 e. The molecule has 0 bridgehead atoms. The molecule has 3 aliphatic rings. The molecule has 0 unspecified atom stereocenters. The third-order valence-electron chi connectivity index (χ3n) is 8.30. The molecule has 0 aliphatic carbocycles. The quantitative estimate of drug-likeness (QED) is 0.437. The van der Waals surface area contributed by atoms with E-state index in [1.807, 2.05) is 0 Å². The standard InChI is InChI=1S/3C9H18N.Al/c3*1-8(2)6-5-7-9(3,4)10-8;/h3*5,10H,6-7H2,1-4H3;. The summed E-state index contributed by atoms with van der Waals surface area (Å²) < 4.78 is 2.78. The van der Waals surface area contributed by atoms with Gasteiger partial charge >= 0.3 is 0 Å². The summed E-state index contributed by atoms with van der Waals surface area (Å²) in [6.07, 6.45) is 8.18. The molecule has 31 heavy (non-hydrogen) atoms. The largest absolute Gasteiger partial charge is 0.307 e. The third kappa shape index (κ3) is 6.73. The Morgan fingerprint density at radius 3 is 0.710 bits per heavy atom. The van der Waals surface area contributed by atoms with Gasteiger partial charge in [0, 0.05) is 33.2 Å². The number of nitrogens with one attached hydrogen (secondary N) is 3. The van der Waals surface area contributed by atoms with Crippen LogP contribution < -0.4 is 16.0 Å². The van der Waals surface area contributed by atoms with Crippen molar-refractivity contribution >= 4 is 14.1 Å². The molecule has 0 aromatic carbocycles. The number of rotatable bonds is 3. The van der Waals surface area contributed by atoms with E-state index in [2.05, 4.69) is 99.0 Å². The number of piperidine rings is 3. The second-order valence-corrected chi connectivity index (χ2v) is 19.7. The highest BCUT2D eigenvalue weighted by Crippen LogP contribution is 2.54. The molecule has 180 valence electrons. The highest BCUT2D eigenvalue weighted by Gasteiger charge is 2.54. The average Bonchev–Trinajstić information content (AvgIpc) is 2.35. The second kappa shape index (κ2) is 7.98. The Kier molecular flexibility index (Phi) is 6.70. The third-order valence-corrected chi connectivity index (χ3v) is 13.0. The average molecular weight is 448 g/mol. The van der Waals surface area contributed by atoms with Gasteiger partial charge in [0.25, 0.3) is 14.1 Å². The molecule has 0 aromatic rings. The molecule has 3 nitrogen and oxygen atoms in total. The lowest BCUT2D eigenvalue weighted by atomic mass is 9.81. The van der Waals surface area contributed by atoms with Crippen molar-refractivity contribution in [2.75, 3.05) is 0 Å². The van der Waals surface area contributed by atoms with E-state index in [0.29, 0.717) is 0 Å². The van der Waals surface area contributed by atoms with Gasteiger partial charge in [0.05, 0.1) is 0 Å². The zero-order valence-corrected chi connectivity index (χ0v) is 24.2. The van der Waals surface area contributed by atoms with E-state index in [4.69, 9.17) is 0 Å². The fraction of sp³-hybridized carbons (Fsp3) is 1.00. The van der Waals surface area contributed by atoms with Gasteiger partial charge in [-0.25, -0.2) is 0 Å². The molecule has 0 aromatic heterocycles. The fourth-order valence-electron chi connectivity index (χ4n) is 9.17. The monoisotopic (exact) mass is 447 g/mol. The topological polar surface area (TPSA) is 36.1 Å². The van der Waals surface area contributed by atoms with Gasteiger partial charge < -0.3 is 16.0 Å². The highest BCUT2D eigenvalue weighted by molar-refractivity contribution is 6.64. The summed E-state index contributed by atoms with van der Waals surface area (Å²) in [6.45, 7) is 29.5. The van der Waals surface area contributed by atoms with E-state index >= 15 is 0 Å². The predicted octanol–water partition coefficient (Wildman–Crippen LogP) is 6.41. The Bertz CT molecular complexity index is 523. The molecular formula is C27H54AlN3. The van der Waals surface area contributed by atoms with E-state index in [-0.39, 0.29) is 33.2 Å². The number of hydrogen-bond acceptors (Lipinski definition) is 3. The van der Waals surface area contributed by atoms with Crippen LogP contribution >= 0.6 is 0 Å². The molecule has 3 heterocycles. The molecule has 0 atom stereocenters. The van der Waals surface area contributed by atoms with Crippen molar-refractivity contribution in [3.63, 3.8) is 0 Å². The van der Waals surface area contributed by atoms with Crippen molar-refractivity contribution in [2.24, 2.45) is 0 Å². The maximum atomic E-state index is 3.99. The van der Waals surface area contributed by atoms with Gasteiger partial charge in [0.1, 0.15) is 0 Å². The summed E-state index contributed by atoms with van der Waals surface area (Å²) in [5.74, 6) is 0. The highest BCUT2D eigenvalue weighted by atomic mass is 27.2. The molecular weight excluding hydrogens is 393 g/mol. The van der Waals surface area contributed by atoms with Crippen LogP contribution in [0.5, 0.6) is 0 Å². The van der Waals surface area contributed by atoms with Gasteiger partial charge in [-0.1, -0.05) is 14.3 Å². The van der Waals surface area contributed by atoms with Crippen LogP contribution in [0, 0.1) is 0 Å². The van der Waals surface area contributed by atoms with Gasteiger partial charge in [-0.15, -0.1) is 0 Å². The molecule has 3 fully saturated rings. The zero-order valence-electron chi connectivity index (χ0n) is 23.1. The number of hydrogen-bond donors (Lipinski definition) is 3. The molecule has 3 aliphatic heterocycles. The minimum absolute atomic E-state index is 0.244. The SMILES string of the molecule is CC1(C)C[CH]([Al]([CH]2CC(C)(C)NC(C)(C)C2)[CH]2CC(C)(C)NC(C)(C)C2)CC(C)(C)N1. The maximum absolute atomic E-state index is 3.99. The Morgan fingerprint density at radius 2 is 0.548 bits per heavy atom. The molecule has 0 amide bonds. The molecule has 4 heteroatoms. The van der Waals surface area contributed by atoms with Crippen LogP contribution in [0.2, 0.25) is 14.3 Å². The minimum atomic E-state index is -1.09. The lowest BCUT2D eigenvalue weighted by Crippen LogP contribution is -2.64. The summed E-state index contributed by atoms with van der Waals surface area (Å²) in [5.41, 5.74) is 1.46. The van der Waals surface area contributed by atoms with Gasteiger partial charge in [-0.3, -0.25) is 0 Å². The normalized spacial score (nSPS) is 32.5. The fourth-order valence-corrected chi connectivity index (χ4v) is 16.7. The maximum Gasteiger partial charge on any atom is 0.272 e. The Morgan fingerprint density at radius 1 is 0.387 bits per heavy atom. The summed E-state index contributed by atoms with van der Waals surface area (Å²) in [5, 5.41) is 12.0. The van der Waals surface area contributed by atoms with E-state index in [1.54, 1.807) is 0 Å². The van der Waals surface area contributed by atoms with E-state index in [9.17, 15) is 0 Å². The molecule has 0 saturated carbocycles. The van der Waals surface area contributed by atoms with Crippen LogP contribution in [0.1, 0.15) is 122 Å². The van der Waals surface area contributed by atoms with Crippen molar-refractivity contribution in [3.05, 3.63) is 0 Å². The van der Waals surface area contributed by atoms with Crippen molar-refractivity contribution in [1.29, 1.82) is 0 Å². The van der Waals surface area contributed by atoms with Crippen molar-refractivity contribution in [3.8, 4) is 0 Å². The molecule has 3 N–H and O–H groups in total. The first-order valence-corrected chi connectivity index (χ1v) is 15.1. The van der Waals surface area contributed by atoms with Gasteiger partial charge in [0.2, 0.25) is 0 Å². The van der Waals surface area contributed by atoms with Gasteiger partial charge in [-0.05, 0) is 122 Å². The van der Waals surface area contributed by atoms with Gasteiger partial charge in [0.15, 0.2) is 0 Å². The Labute approximate surface area is 199 Å². The van der Waals surface area contributed by atoms with Crippen molar-refractivity contribution < 1.29 is 0 Å². The lowest BCUT2D eigenvalue weighted by Gasteiger charge is -2.56. The molecule has 3 rings (SSSR count). The van der Waals surface area contributed by atoms with Crippen LogP contribution in [-0.2, 0) is 0 Å². The summed E-state index contributed by atoms with van der Waals surface area (Å²) in [6, 6.07) is 0. The smallest absolute Gasteiger partial charge is 0.272 e. The van der Waals surface area contributed by atoms with Crippen LogP contribution in [0.25, 0.3) is 0 Å². The Balaban J connectivity index is 2.02. The van der Waals surface area contributed by atoms with Crippen LogP contribution in [0.4, 0.5) is 0 Å². The molecule has 0 radical (unpaired) electrons. The van der Waals surface area contributed by atoms with E-state index < -0.39 is 14.1 Å². The summed E-state index contributed by atoms with van der Waals surface area (Å²) >= 11 is -1.09. The zero-order chi connectivity index (χ0) is 23.7. The summed E-state index contributed by atoms with van der Waals surface area (Å²) in [7, 11) is 0. The molecule has 0 spiro atoms. The lowest BCUT2D eigenvalue weighted by molar-refractivity contribution is 0.155. The first-order valence-electron chi connectivity index (χ1n) is 13.1. The second-order valence-electron chi connectivity index (χ2n) is 15.8. The Hall–Kier alpha value is 0.412. The van der Waals surface area contributed by atoms with E-state index in [0.717, 1.165) is 14.3 Å². The van der Waals surface area contributed by atoms with E-state index in [1.165, 1.54) is 38.5 Å².